The maximum absolute atomic E-state index is 3.32. The first kappa shape index (κ1) is 13.0. The molecule has 1 fully saturated rings. The van der Waals surface area contributed by atoms with Crippen LogP contribution in [0.1, 0.15) is 45.4 Å². The summed E-state index contributed by atoms with van der Waals surface area (Å²) in [6, 6.07) is 0. The Morgan fingerprint density at radius 3 is 2.67 bits per heavy atom. The molecule has 0 amide bonds. The lowest BCUT2D eigenvalue weighted by Gasteiger charge is -2.32. The van der Waals surface area contributed by atoms with Gasteiger partial charge in [0.25, 0.3) is 0 Å². The number of hydrogen-bond acceptors (Lipinski definition) is 2. The van der Waals surface area contributed by atoms with Crippen LogP contribution in [0.3, 0.4) is 0 Å². The van der Waals surface area contributed by atoms with E-state index in [-0.39, 0.29) is 0 Å². The minimum atomic E-state index is 0.641. The molecule has 0 aromatic carbocycles. The SMILES string of the molecule is CCCC1(CCNC)CCCN(C)CC1. The first-order chi connectivity index (χ1) is 7.22. The molecule has 2 nitrogen and oxygen atoms in total. The molecule has 1 rings (SSSR count). The van der Waals surface area contributed by atoms with Gasteiger partial charge in [-0.05, 0) is 71.2 Å². The Balaban J connectivity index is 2.53. The van der Waals surface area contributed by atoms with Crippen LogP contribution in [-0.4, -0.2) is 38.6 Å². The highest BCUT2D eigenvalue weighted by atomic mass is 15.1. The van der Waals surface area contributed by atoms with Crippen LogP contribution in [0.15, 0.2) is 0 Å². The second kappa shape index (κ2) is 6.49. The number of hydrogen-bond donors (Lipinski definition) is 1. The van der Waals surface area contributed by atoms with E-state index in [1.54, 1.807) is 0 Å². The second-order valence-electron chi connectivity index (χ2n) is 5.26. The van der Waals surface area contributed by atoms with Crippen LogP contribution in [-0.2, 0) is 0 Å². The third-order valence-corrected chi connectivity index (χ3v) is 3.96. The van der Waals surface area contributed by atoms with E-state index in [9.17, 15) is 0 Å². The molecule has 1 unspecified atom stereocenters. The smallest absolute Gasteiger partial charge is 0.00165 e. The van der Waals surface area contributed by atoms with Gasteiger partial charge in [-0.3, -0.25) is 0 Å². The van der Waals surface area contributed by atoms with E-state index < -0.39 is 0 Å². The Morgan fingerprint density at radius 1 is 1.20 bits per heavy atom. The standard InChI is InChI=1S/C13H28N2/c1-4-6-13(8-10-14-2)7-5-11-15(3)12-9-13/h14H,4-12H2,1-3H3. The zero-order chi connectivity index (χ0) is 11.1. The van der Waals surface area contributed by atoms with Crippen molar-refractivity contribution in [3.63, 3.8) is 0 Å². The molecule has 15 heavy (non-hydrogen) atoms. The number of likely N-dealkylation sites (tertiary alicyclic amines) is 1. The van der Waals surface area contributed by atoms with Gasteiger partial charge in [0.15, 0.2) is 0 Å². The quantitative estimate of drug-likeness (QED) is 0.753. The molecule has 0 saturated carbocycles. The second-order valence-corrected chi connectivity index (χ2v) is 5.26. The summed E-state index contributed by atoms with van der Waals surface area (Å²) in [5.74, 6) is 0. The number of nitrogens with zero attached hydrogens (tertiary/aromatic N) is 1. The summed E-state index contributed by atoms with van der Waals surface area (Å²) in [6.45, 7) is 6.11. The Labute approximate surface area is 95.4 Å². The van der Waals surface area contributed by atoms with Crippen LogP contribution in [0.4, 0.5) is 0 Å². The molecule has 0 aromatic rings. The summed E-state index contributed by atoms with van der Waals surface area (Å²) < 4.78 is 0. The van der Waals surface area contributed by atoms with Crippen LogP contribution in [0, 0.1) is 5.41 Å². The van der Waals surface area contributed by atoms with Crippen molar-refractivity contribution in [2.75, 3.05) is 33.7 Å². The lowest BCUT2D eigenvalue weighted by atomic mass is 9.74. The Morgan fingerprint density at radius 2 is 2.00 bits per heavy atom. The molecule has 1 heterocycles. The van der Waals surface area contributed by atoms with E-state index >= 15 is 0 Å². The third-order valence-electron chi connectivity index (χ3n) is 3.96. The molecule has 2 heteroatoms. The summed E-state index contributed by atoms with van der Waals surface area (Å²) in [6.07, 6.45) is 8.35. The van der Waals surface area contributed by atoms with Crippen molar-refractivity contribution in [3.05, 3.63) is 0 Å². The van der Waals surface area contributed by atoms with Gasteiger partial charge >= 0.3 is 0 Å². The molecule has 1 saturated heterocycles. The first-order valence-electron chi connectivity index (χ1n) is 6.55. The highest BCUT2D eigenvalue weighted by Gasteiger charge is 2.30. The van der Waals surface area contributed by atoms with Crippen molar-refractivity contribution >= 4 is 0 Å². The molecular weight excluding hydrogens is 184 g/mol. The van der Waals surface area contributed by atoms with Crippen molar-refractivity contribution < 1.29 is 0 Å². The van der Waals surface area contributed by atoms with Gasteiger partial charge < -0.3 is 10.2 Å². The van der Waals surface area contributed by atoms with Crippen LogP contribution in [0.5, 0.6) is 0 Å². The van der Waals surface area contributed by atoms with Crippen molar-refractivity contribution in [3.8, 4) is 0 Å². The van der Waals surface area contributed by atoms with E-state index in [1.807, 2.05) is 0 Å². The predicted molar refractivity (Wildman–Crippen MR) is 67.2 cm³/mol. The molecule has 1 atom stereocenters. The van der Waals surface area contributed by atoms with Crippen LogP contribution in [0.25, 0.3) is 0 Å². The van der Waals surface area contributed by atoms with Gasteiger partial charge in [0.05, 0.1) is 0 Å². The summed E-state index contributed by atoms with van der Waals surface area (Å²) in [7, 11) is 4.34. The molecule has 0 spiro atoms. The van der Waals surface area contributed by atoms with Crippen LogP contribution >= 0.6 is 0 Å². The van der Waals surface area contributed by atoms with E-state index in [0.717, 1.165) is 0 Å². The summed E-state index contributed by atoms with van der Waals surface area (Å²) in [5.41, 5.74) is 0.641. The van der Waals surface area contributed by atoms with E-state index in [1.165, 1.54) is 58.2 Å². The van der Waals surface area contributed by atoms with Crippen molar-refractivity contribution in [2.45, 2.75) is 45.4 Å². The van der Waals surface area contributed by atoms with Crippen molar-refractivity contribution in [1.82, 2.24) is 10.2 Å². The van der Waals surface area contributed by atoms with Crippen LogP contribution in [0.2, 0.25) is 0 Å². The summed E-state index contributed by atoms with van der Waals surface area (Å²) >= 11 is 0. The first-order valence-corrected chi connectivity index (χ1v) is 6.55. The van der Waals surface area contributed by atoms with Crippen molar-refractivity contribution in [1.29, 1.82) is 0 Å². The van der Waals surface area contributed by atoms with Crippen molar-refractivity contribution in [2.24, 2.45) is 5.41 Å². The average molecular weight is 212 g/mol. The van der Waals surface area contributed by atoms with Gasteiger partial charge in [0.2, 0.25) is 0 Å². The zero-order valence-electron chi connectivity index (χ0n) is 10.8. The molecule has 0 aliphatic carbocycles. The molecule has 0 bridgehead atoms. The lowest BCUT2D eigenvalue weighted by Crippen LogP contribution is -2.27. The van der Waals surface area contributed by atoms with Gasteiger partial charge in [-0.15, -0.1) is 0 Å². The topological polar surface area (TPSA) is 15.3 Å². The highest BCUT2D eigenvalue weighted by molar-refractivity contribution is 4.83. The monoisotopic (exact) mass is 212 g/mol. The number of rotatable bonds is 5. The molecule has 1 aliphatic rings. The van der Waals surface area contributed by atoms with Gasteiger partial charge in [-0.2, -0.15) is 0 Å². The van der Waals surface area contributed by atoms with E-state index in [0.29, 0.717) is 5.41 Å². The Hall–Kier alpha value is -0.0800. The Kier molecular flexibility index (Phi) is 5.62. The lowest BCUT2D eigenvalue weighted by molar-refractivity contribution is 0.199. The van der Waals surface area contributed by atoms with Gasteiger partial charge in [0.1, 0.15) is 0 Å². The van der Waals surface area contributed by atoms with Gasteiger partial charge in [-0.1, -0.05) is 13.3 Å². The maximum Gasteiger partial charge on any atom is -0.00165 e. The van der Waals surface area contributed by atoms with E-state index in [2.05, 4.69) is 31.2 Å². The molecule has 1 aliphatic heterocycles. The molecule has 0 radical (unpaired) electrons. The van der Waals surface area contributed by atoms with Gasteiger partial charge in [-0.25, -0.2) is 0 Å². The fourth-order valence-corrected chi connectivity index (χ4v) is 2.93. The summed E-state index contributed by atoms with van der Waals surface area (Å²) in [4.78, 5) is 2.50. The molecule has 0 aromatic heterocycles. The maximum atomic E-state index is 3.32. The van der Waals surface area contributed by atoms with E-state index in [4.69, 9.17) is 0 Å². The summed E-state index contributed by atoms with van der Waals surface area (Å²) in [5, 5.41) is 3.32. The van der Waals surface area contributed by atoms with Crippen LogP contribution < -0.4 is 5.32 Å². The molecule has 1 N–H and O–H groups in total. The predicted octanol–water partition coefficient (Wildman–Crippen LogP) is 2.50. The Bertz CT molecular complexity index is 166. The average Bonchev–Trinajstić information content (AvgIpc) is 2.40. The normalized spacial score (nSPS) is 29.0. The fourth-order valence-electron chi connectivity index (χ4n) is 2.93. The minimum absolute atomic E-state index is 0.641. The largest absolute Gasteiger partial charge is 0.320 e. The molecular formula is C13H28N2. The zero-order valence-corrected chi connectivity index (χ0v) is 10.8. The highest BCUT2D eigenvalue weighted by Crippen LogP contribution is 2.38. The number of nitrogens with one attached hydrogen (secondary N) is 1. The fraction of sp³-hybridized carbons (Fsp3) is 1.00. The van der Waals surface area contributed by atoms with Gasteiger partial charge in [0, 0.05) is 0 Å². The molecule has 90 valence electrons. The minimum Gasteiger partial charge on any atom is -0.320 e. The third kappa shape index (κ3) is 4.12.